The summed E-state index contributed by atoms with van der Waals surface area (Å²) in [5.74, 6) is 0.827. The molecule has 3 aromatic rings. The Morgan fingerprint density at radius 3 is 2.71 bits per heavy atom. The number of benzene rings is 2. The summed E-state index contributed by atoms with van der Waals surface area (Å²) in [5.41, 5.74) is 2.22. The number of hydrogen-bond donors (Lipinski definition) is 1. The fourth-order valence-electron chi connectivity index (χ4n) is 3.39. The molecule has 1 atom stereocenters. The number of rotatable bonds is 6. The van der Waals surface area contributed by atoms with Crippen molar-refractivity contribution in [1.82, 2.24) is 14.7 Å². The third kappa shape index (κ3) is 4.51. The van der Waals surface area contributed by atoms with E-state index in [2.05, 4.69) is 19.6 Å². The van der Waals surface area contributed by atoms with Crippen LogP contribution in [-0.2, 0) is 17.8 Å². The van der Waals surface area contributed by atoms with Gasteiger partial charge in [0.2, 0.25) is 11.0 Å². The van der Waals surface area contributed by atoms with Crippen molar-refractivity contribution in [2.24, 2.45) is 0 Å². The van der Waals surface area contributed by atoms with Gasteiger partial charge in [-0.05, 0) is 36.1 Å². The minimum Gasteiger partial charge on any atom is -0.350 e. The summed E-state index contributed by atoms with van der Waals surface area (Å²) in [7, 11) is 0. The largest absolute Gasteiger partial charge is 0.350 e. The van der Waals surface area contributed by atoms with E-state index in [1.807, 2.05) is 54.6 Å². The molecule has 2 aromatic carbocycles. The van der Waals surface area contributed by atoms with Gasteiger partial charge in [-0.15, -0.1) is 0 Å². The average Bonchev–Trinajstić information content (AvgIpc) is 3.38. The summed E-state index contributed by atoms with van der Waals surface area (Å²) in [6, 6.07) is 17.5. The Kier molecular flexibility index (Phi) is 5.88. The van der Waals surface area contributed by atoms with Crippen molar-refractivity contribution in [2.45, 2.75) is 31.8 Å². The van der Waals surface area contributed by atoms with E-state index in [9.17, 15) is 4.79 Å². The van der Waals surface area contributed by atoms with Crippen LogP contribution in [0.25, 0.3) is 0 Å². The molecule has 1 N–H and O–H groups in total. The lowest BCUT2D eigenvalue weighted by Gasteiger charge is -2.22. The van der Waals surface area contributed by atoms with E-state index in [1.54, 1.807) is 0 Å². The highest BCUT2D eigenvalue weighted by molar-refractivity contribution is 7.09. The van der Waals surface area contributed by atoms with Crippen molar-refractivity contribution in [3.63, 3.8) is 0 Å². The summed E-state index contributed by atoms with van der Waals surface area (Å²) in [4.78, 5) is 19.5. The Bertz CT molecular complexity index is 929. The second-order valence-corrected chi connectivity index (χ2v) is 8.02. The molecule has 1 aromatic heterocycles. The van der Waals surface area contributed by atoms with E-state index in [0.29, 0.717) is 13.0 Å². The predicted molar refractivity (Wildman–Crippen MR) is 113 cm³/mol. The second kappa shape index (κ2) is 8.71. The first kappa shape index (κ1) is 18.9. The number of anilines is 1. The molecule has 0 aliphatic carbocycles. The zero-order chi connectivity index (χ0) is 19.3. The zero-order valence-corrected chi connectivity index (χ0v) is 16.9. The molecule has 2 heterocycles. The van der Waals surface area contributed by atoms with Gasteiger partial charge < -0.3 is 10.2 Å². The molecule has 4 rings (SSSR count). The smallest absolute Gasteiger partial charge is 0.243 e. The van der Waals surface area contributed by atoms with E-state index in [0.717, 1.165) is 46.5 Å². The van der Waals surface area contributed by atoms with Crippen molar-refractivity contribution in [3.8, 4) is 0 Å². The molecular formula is C21H21ClN4OS. The first-order valence-corrected chi connectivity index (χ1v) is 10.5. The summed E-state index contributed by atoms with van der Waals surface area (Å²) in [5, 5.41) is 4.60. The normalized spacial score (nSPS) is 16.3. The van der Waals surface area contributed by atoms with Crippen LogP contribution in [0.3, 0.4) is 0 Å². The third-order valence-electron chi connectivity index (χ3n) is 4.84. The van der Waals surface area contributed by atoms with E-state index in [1.165, 1.54) is 11.5 Å². The quantitative estimate of drug-likeness (QED) is 0.663. The molecule has 0 unspecified atom stereocenters. The van der Waals surface area contributed by atoms with Gasteiger partial charge in [0, 0.05) is 36.1 Å². The highest BCUT2D eigenvalue weighted by atomic mass is 35.5. The number of hydrogen-bond acceptors (Lipinski definition) is 5. The van der Waals surface area contributed by atoms with E-state index < -0.39 is 0 Å². The number of carbonyl (C=O) groups excluding carboxylic acids is 1. The van der Waals surface area contributed by atoms with Crippen molar-refractivity contribution in [3.05, 3.63) is 76.6 Å². The Balaban J connectivity index is 1.39. The van der Waals surface area contributed by atoms with Gasteiger partial charge in [0.1, 0.15) is 11.9 Å². The molecule has 5 nitrogen and oxygen atoms in total. The van der Waals surface area contributed by atoms with Crippen LogP contribution in [0.5, 0.6) is 0 Å². The standard InChI is InChI=1S/C21H21ClN4OS/c22-17-10-8-15(9-11-17)13-19-24-21(28-25-19)26-12-4-7-18(26)20(27)23-14-16-5-2-1-3-6-16/h1-3,5-6,8-11,18H,4,7,12-14H2,(H,23,27)/t18-/m0/s1. The van der Waals surface area contributed by atoms with E-state index in [4.69, 9.17) is 11.6 Å². The highest BCUT2D eigenvalue weighted by Crippen LogP contribution is 2.28. The fraction of sp³-hybridized carbons (Fsp3) is 0.286. The van der Waals surface area contributed by atoms with Crippen LogP contribution in [0.2, 0.25) is 5.02 Å². The van der Waals surface area contributed by atoms with E-state index >= 15 is 0 Å². The topological polar surface area (TPSA) is 58.1 Å². The summed E-state index contributed by atoms with van der Waals surface area (Å²) in [6.45, 7) is 1.38. The third-order valence-corrected chi connectivity index (χ3v) is 5.89. The molecule has 0 spiro atoms. The molecule has 1 saturated heterocycles. The van der Waals surface area contributed by atoms with Crippen LogP contribution in [0.4, 0.5) is 5.13 Å². The summed E-state index contributed by atoms with van der Waals surface area (Å²) in [6.07, 6.45) is 2.48. The minimum atomic E-state index is -0.181. The fourth-order valence-corrected chi connectivity index (χ4v) is 4.28. The lowest BCUT2D eigenvalue weighted by molar-refractivity contribution is -0.122. The van der Waals surface area contributed by atoms with Gasteiger partial charge in [0.25, 0.3) is 0 Å². The minimum absolute atomic E-state index is 0.0517. The molecule has 28 heavy (non-hydrogen) atoms. The van der Waals surface area contributed by atoms with Gasteiger partial charge in [-0.2, -0.15) is 4.37 Å². The Hall–Kier alpha value is -2.44. The number of nitrogens with zero attached hydrogens (tertiary/aromatic N) is 3. The molecular weight excluding hydrogens is 392 g/mol. The van der Waals surface area contributed by atoms with Gasteiger partial charge in [-0.3, -0.25) is 4.79 Å². The van der Waals surface area contributed by atoms with Crippen LogP contribution in [0.15, 0.2) is 54.6 Å². The highest BCUT2D eigenvalue weighted by Gasteiger charge is 2.32. The number of halogens is 1. The number of amides is 1. The van der Waals surface area contributed by atoms with Gasteiger partial charge in [0.15, 0.2) is 0 Å². The molecule has 0 bridgehead atoms. The van der Waals surface area contributed by atoms with Gasteiger partial charge in [0.05, 0.1) is 0 Å². The molecule has 1 fully saturated rings. The first-order chi connectivity index (χ1) is 13.7. The van der Waals surface area contributed by atoms with Gasteiger partial charge in [-0.25, -0.2) is 4.98 Å². The van der Waals surface area contributed by atoms with Crippen molar-refractivity contribution in [1.29, 1.82) is 0 Å². The number of aromatic nitrogens is 2. The molecule has 1 aliphatic rings. The lowest BCUT2D eigenvalue weighted by atomic mass is 10.1. The maximum absolute atomic E-state index is 12.7. The molecule has 1 aliphatic heterocycles. The number of nitrogens with one attached hydrogen (secondary N) is 1. The van der Waals surface area contributed by atoms with Gasteiger partial charge in [-0.1, -0.05) is 54.1 Å². The Morgan fingerprint density at radius 2 is 1.93 bits per heavy atom. The summed E-state index contributed by atoms with van der Waals surface area (Å²) >= 11 is 7.31. The summed E-state index contributed by atoms with van der Waals surface area (Å²) < 4.78 is 4.49. The van der Waals surface area contributed by atoms with Crippen LogP contribution in [-0.4, -0.2) is 27.9 Å². The molecule has 0 radical (unpaired) electrons. The molecule has 144 valence electrons. The van der Waals surface area contributed by atoms with Crippen LogP contribution >= 0.6 is 23.1 Å². The van der Waals surface area contributed by atoms with Crippen LogP contribution < -0.4 is 10.2 Å². The average molecular weight is 413 g/mol. The maximum Gasteiger partial charge on any atom is 0.243 e. The van der Waals surface area contributed by atoms with Gasteiger partial charge >= 0.3 is 0 Å². The van der Waals surface area contributed by atoms with E-state index in [-0.39, 0.29) is 11.9 Å². The number of carbonyl (C=O) groups is 1. The van der Waals surface area contributed by atoms with Crippen LogP contribution in [0, 0.1) is 0 Å². The molecule has 7 heteroatoms. The Morgan fingerprint density at radius 1 is 1.14 bits per heavy atom. The van der Waals surface area contributed by atoms with Crippen molar-refractivity contribution in [2.75, 3.05) is 11.4 Å². The SMILES string of the molecule is O=C(NCc1ccccc1)[C@@H]1CCCN1c1nc(Cc2ccc(Cl)cc2)ns1. The maximum atomic E-state index is 12.7. The van der Waals surface area contributed by atoms with Crippen molar-refractivity contribution < 1.29 is 4.79 Å². The van der Waals surface area contributed by atoms with Crippen LogP contribution in [0.1, 0.15) is 29.8 Å². The monoisotopic (exact) mass is 412 g/mol. The lowest BCUT2D eigenvalue weighted by Crippen LogP contribution is -2.43. The molecule has 0 saturated carbocycles. The van der Waals surface area contributed by atoms with Crippen molar-refractivity contribution >= 4 is 34.2 Å². The predicted octanol–water partition coefficient (Wildman–Crippen LogP) is 4.07. The second-order valence-electron chi connectivity index (χ2n) is 6.85. The zero-order valence-electron chi connectivity index (χ0n) is 15.3. The molecule has 1 amide bonds. The Labute approximate surface area is 173 Å². The first-order valence-electron chi connectivity index (χ1n) is 9.34.